The summed E-state index contributed by atoms with van der Waals surface area (Å²) in [6.07, 6.45) is 0.817. The Morgan fingerprint density at radius 3 is 2.74 bits per heavy atom. The van der Waals surface area contributed by atoms with Crippen LogP contribution in [0.3, 0.4) is 0 Å². The van der Waals surface area contributed by atoms with E-state index in [4.69, 9.17) is 10.5 Å². The van der Waals surface area contributed by atoms with E-state index in [0.717, 1.165) is 6.42 Å². The Morgan fingerprint density at radius 2 is 2.16 bits per heavy atom. The van der Waals surface area contributed by atoms with Gasteiger partial charge in [0.15, 0.2) is 11.5 Å². The van der Waals surface area contributed by atoms with Crippen molar-refractivity contribution in [2.24, 2.45) is 11.1 Å². The van der Waals surface area contributed by atoms with Gasteiger partial charge in [0.2, 0.25) is 0 Å². The molecule has 1 aromatic rings. The SMILES string of the molecule is COc1cccc(C(=O)NCC(C)(C)CCN)c1O. The van der Waals surface area contributed by atoms with Crippen molar-refractivity contribution in [1.29, 1.82) is 0 Å². The lowest BCUT2D eigenvalue weighted by Crippen LogP contribution is -2.35. The quantitative estimate of drug-likeness (QED) is 0.728. The molecular weight excluding hydrogens is 244 g/mol. The molecule has 4 N–H and O–H groups in total. The molecule has 0 saturated heterocycles. The van der Waals surface area contributed by atoms with Gasteiger partial charge >= 0.3 is 0 Å². The molecule has 0 atom stereocenters. The molecule has 0 aliphatic heterocycles. The Hall–Kier alpha value is -1.75. The molecule has 0 spiro atoms. The lowest BCUT2D eigenvalue weighted by Gasteiger charge is -2.24. The number of nitrogens with two attached hydrogens (primary N) is 1. The minimum atomic E-state index is -0.318. The van der Waals surface area contributed by atoms with E-state index in [1.807, 2.05) is 13.8 Å². The highest BCUT2D eigenvalue weighted by atomic mass is 16.5. The molecule has 1 aromatic carbocycles. The summed E-state index contributed by atoms with van der Waals surface area (Å²) < 4.78 is 4.97. The fourth-order valence-corrected chi connectivity index (χ4v) is 1.76. The van der Waals surface area contributed by atoms with Gasteiger partial charge in [-0.05, 0) is 30.5 Å². The molecule has 0 fully saturated rings. The maximum atomic E-state index is 12.0. The predicted molar refractivity (Wildman–Crippen MR) is 74.4 cm³/mol. The molecule has 0 aliphatic rings. The minimum Gasteiger partial charge on any atom is -0.504 e. The molecule has 5 nitrogen and oxygen atoms in total. The van der Waals surface area contributed by atoms with Crippen LogP contribution in [0.15, 0.2) is 18.2 Å². The summed E-state index contributed by atoms with van der Waals surface area (Å²) in [6, 6.07) is 4.83. The molecule has 1 amide bonds. The number of hydrogen-bond acceptors (Lipinski definition) is 4. The molecular formula is C14H22N2O3. The van der Waals surface area contributed by atoms with Crippen LogP contribution in [0, 0.1) is 5.41 Å². The predicted octanol–water partition coefficient (Wildman–Crippen LogP) is 1.51. The van der Waals surface area contributed by atoms with Crippen molar-refractivity contribution in [3.63, 3.8) is 0 Å². The van der Waals surface area contributed by atoms with Gasteiger partial charge in [-0.2, -0.15) is 0 Å². The van der Waals surface area contributed by atoms with Crippen LogP contribution in [-0.4, -0.2) is 31.2 Å². The number of phenolic OH excluding ortho intramolecular Hbond substituents is 1. The molecule has 5 heteroatoms. The van der Waals surface area contributed by atoms with E-state index in [1.54, 1.807) is 18.2 Å². The second kappa shape index (κ2) is 6.43. The van der Waals surface area contributed by atoms with Gasteiger partial charge < -0.3 is 20.9 Å². The highest BCUT2D eigenvalue weighted by molar-refractivity contribution is 5.97. The zero-order chi connectivity index (χ0) is 14.5. The first-order chi connectivity index (χ1) is 8.91. The van der Waals surface area contributed by atoms with Gasteiger partial charge in [-0.15, -0.1) is 0 Å². The van der Waals surface area contributed by atoms with Crippen LogP contribution >= 0.6 is 0 Å². The number of para-hydroxylation sites is 1. The van der Waals surface area contributed by atoms with Crippen molar-refractivity contribution in [2.75, 3.05) is 20.2 Å². The number of nitrogens with one attached hydrogen (secondary N) is 1. The number of aromatic hydroxyl groups is 1. The van der Waals surface area contributed by atoms with E-state index < -0.39 is 0 Å². The standard InChI is InChI=1S/C14H22N2O3/c1-14(2,7-8-15)9-16-13(18)10-5-4-6-11(19-3)12(10)17/h4-6,17H,7-9,15H2,1-3H3,(H,16,18). The van der Waals surface area contributed by atoms with Crippen LogP contribution in [0.4, 0.5) is 0 Å². The van der Waals surface area contributed by atoms with E-state index in [0.29, 0.717) is 13.1 Å². The molecule has 0 bridgehead atoms. The number of carbonyl (C=O) groups is 1. The van der Waals surface area contributed by atoms with Crippen molar-refractivity contribution >= 4 is 5.91 Å². The second-order valence-corrected chi connectivity index (χ2v) is 5.24. The highest BCUT2D eigenvalue weighted by Crippen LogP contribution is 2.29. The number of benzene rings is 1. The molecule has 0 saturated carbocycles. The first-order valence-corrected chi connectivity index (χ1v) is 6.25. The minimum absolute atomic E-state index is 0.0705. The van der Waals surface area contributed by atoms with Gasteiger partial charge in [-0.3, -0.25) is 4.79 Å². The topological polar surface area (TPSA) is 84.6 Å². The summed E-state index contributed by atoms with van der Waals surface area (Å²) in [4.78, 5) is 12.0. The Morgan fingerprint density at radius 1 is 1.47 bits per heavy atom. The molecule has 19 heavy (non-hydrogen) atoms. The van der Waals surface area contributed by atoms with Crippen LogP contribution in [0.1, 0.15) is 30.6 Å². The maximum Gasteiger partial charge on any atom is 0.255 e. The molecule has 0 aliphatic carbocycles. The zero-order valence-corrected chi connectivity index (χ0v) is 11.7. The van der Waals surface area contributed by atoms with Crippen molar-refractivity contribution in [2.45, 2.75) is 20.3 Å². The van der Waals surface area contributed by atoms with Gasteiger partial charge in [0.1, 0.15) is 0 Å². The van der Waals surface area contributed by atoms with Crippen LogP contribution < -0.4 is 15.8 Å². The Kier molecular flexibility index (Phi) is 5.18. The smallest absolute Gasteiger partial charge is 0.255 e. The maximum absolute atomic E-state index is 12.0. The van der Waals surface area contributed by atoms with Gasteiger partial charge in [-0.25, -0.2) is 0 Å². The van der Waals surface area contributed by atoms with E-state index in [-0.39, 0.29) is 28.4 Å². The summed E-state index contributed by atoms with van der Waals surface area (Å²) in [5.74, 6) is -0.172. The van der Waals surface area contributed by atoms with E-state index in [1.165, 1.54) is 7.11 Å². The van der Waals surface area contributed by atoms with Crippen molar-refractivity contribution in [3.8, 4) is 11.5 Å². The Labute approximate surface area is 113 Å². The molecule has 1 rings (SSSR count). The number of rotatable bonds is 6. The fraction of sp³-hybridized carbons (Fsp3) is 0.500. The fourth-order valence-electron chi connectivity index (χ4n) is 1.76. The van der Waals surface area contributed by atoms with Crippen LogP contribution in [0.2, 0.25) is 0 Å². The zero-order valence-electron chi connectivity index (χ0n) is 11.7. The Balaban J connectivity index is 2.74. The molecule has 0 unspecified atom stereocenters. The number of amides is 1. The highest BCUT2D eigenvalue weighted by Gasteiger charge is 2.20. The molecule has 106 valence electrons. The third kappa shape index (κ3) is 4.13. The van der Waals surface area contributed by atoms with Crippen LogP contribution in [0.5, 0.6) is 11.5 Å². The van der Waals surface area contributed by atoms with E-state index in [2.05, 4.69) is 5.32 Å². The second-order valence-electron chi connectivity index (χ2n) is 5.24. The van der Waals surface area contributed by atoms with E-state index in [9.17, 15) is 9.90 Å². The van der Waals surface area contributed by atoms with Gasteiger partial charge in [0, 0.05) is 6.54 Å². The summed E-state index contributed by atoms with van der Waals surface area (Å²) in [6.45, 7) is 5.14. The normalized spacial score (nSPS) is 11.2. The third-order valence-electron chi connectivity index (χ3n) is 3.01. The van der Waals surface area contributed by atoms with Gasteiger partial charge in [0.25, 0.3) is 5.91 Å². The summed E-state index contributed by atoms with van der Waals surface area (Å²) >= 11 is 0. The third-order valence-corrected chi connectivity index (χ3v) is 3.01. The first kappa shape index (κ1) is 15.3. The number of carbonyl (C=O) groups excluding carboxylic acids is 1. The van der Waals surface area contributed by atoms with E-state index >= 15 is 0 Å². The number of methoxy groups -OCH3 is 1. The molecule has 0 aromatic heterocycles. The lowest BCUT2D eigenvalue weighted by molar-refractivity contribution is 0.0932. The molecule has 0 radical (unpaired) electrons. The average Bonchev–Trinajstić information content (AvgIpc) is 2.36. The largest absolute Gasteiger partial charge is 0.504 e. The molecule has 0 heterocycles. The number of ether oxygens (including phenoxy) is 1. The summed E-state index contributed by atoms with van der Waals surface area (Å²) in [5, 5.41) is 12.7. The number of hydrogen-bond donors (Lipinski definition) is 3. The van der Waals surface area contributed by atoms with Crippen molar-refractivity contribution < 1.29 is 14.6 Å². The first-order valence-electron chi connectivity index (χ1n) is 6.25. The van der Waals surface area contributed by atoms with Crippen LogP contribution in [-0.2, 0) is 0 Å². The van der Waals surface area contributed by atoms with Gasteiger partial charge in [0.05, 0.1) is 12.7 Å². The van der Waals surface area contributed by atoms with Crippen molar-refractivity contribution in [1.82, 2.24) is 5.32 Å². The monoisotopic (exact) mass is 266 g/mol. The van der Waals surface area contributed by atoms with Crippen LogP contribution in [0.25, 0.3) is 0 Å². The Bertz CT molecular complexity index is 444. The summed E-state index contributed by atoms with van der Waals surface area (Å²) in [5.41, 5.74) is 5.67. The average molecular weight is 266 g/mol. The van der Waals surface area contributed by atoms with Crippen molar-refractivity contribution in [3.05, 3.63) is 23.8 Å². The number of phenols is 1. The summed E-state index contributed by atoms with van der Waals surface area (Å²) in [7, 11) is 1.45. The lowest BCUT2D eigenvalue weighted by atomic mass is 9.89. The van der Waals surface area contributed by atoms with Gasteiger partial charge in [-0.1, -0.05) is 19.9 Å².